The lowest BCUT2D eigenvalue weighted by Gasteiger charge is -2.20. The van der Waals surface area contributed by atoms with Crippen LogP contribution < -0.4 is 5.32 Å². The van der Waals surface area contributed by atoms with Gasteiger partial charge in [-0.1, -0.05) is 11.6 Å². The number of alkyl halides is 3. The molecule has 0 atom stereocenters. The first-order valence-electron chi connectivity index (χ1n) is 5.36. The van der Waals surface area contributed by atoms with E-state index >= 15 is 0 Å². The Hall–Kier alpha value is -1.43. The molecule has 1 N–H and O–H groups in total. The molecule has 0 unspecified atom stereocenters. The molecule has 0 spiro atoms. The zero-order valence-corrected chi connectivity index (χ0v) is 11.3. The van der Waals surface area contributed by atoms with E-state index in [1.807, 2.05) is 0 Å². The second-order valence-electron chi connectivity index (χ2n) is 4.82. The van der Waals surface area contributed by atoms with E-state index in [1.165, 1.54) is 6.07 Å². The highest BCUT2D eigenvalue weighted by Crippen LogP contribution is 2.36. The molecule has 0 aliphatic rings. The molecule has 7 heteroatoms. The molecule has 1 amide bonds. The number of anilines is 1. The Morgan fingerprint density at radius 1 is 1.26 bits per heavy atom. The van der Waals surface area contributed by atoms with Crippen molar-refractivity contribution in [3.63, 3.8) is 0 Å². The number of carbonyl (C=O) groups excluding carboxylic acids is 1. The van der Waals surface area contributed by atoms with Crippen LogP contribution in [0.25, 0.3) is 0 Å². The number of benzene rings is 1. The number of hydrogen-bond acceptors (Lipinski definition) is 2. The van der Waals surface area contributed by atoms with Crippen molar-refractivity contribution in [1.82, 2.24) is 0 Å². The van der Waals surface area contributed by atoms with E-state index in [2.05, 4.69) is 5.32 Å². The molecule has 0 heterocycles. The normalized spacial score (nSPS) is 12.2. The number of halogens is 4. The average Bonchev–Trinajstić information content (AvgIpc) is 2.16. The van der Waals surface area contributed by atoms with Crippen LogP contribution in [0.15, 0.2) is 18.2 Å². The van der Waals surface area contributed by atoms with Crippen LogP contribution >= 0.6 is 11.6 Å². The fraction of sp³-hybridized carbons (Fsp3) is 0.417. The van der Waals surface area contributed by atoms with E-state index in [4.69, 9.17) is 16.3 Å². The molecular formula is C12H13ClF3NO2. The molecule has 3 nitrogen and oxygen atoms in total. The Morgan fingerprint density at radius 2 is 1.84 bits per heavy atom. The summed E-state index contributed by atoms with van der Waals surface area (Å²) in [7, 11) is 0. The molecule has 0 aromatic heterocycles. The first kappa shape index (κ1) is 15.6. The third-order valence-electron chi connectivity index (χ3n) is 1.92. The Morgan fingerprint density at radius 3 is 2.32 bits per heavy atom. The summed E-state index contributed by atoms with van der Waals surface area (Å²) in [4.78, 5) is 11.4. The second kappa shape index (κ2) is 5.28. The van der Waals surface area contributed by atoms with Crippen molar-refractivity contribution in [2.75, 3.05) is 5.32 Å². The van der Waals surface area contributed by atoms with Crippen molar-refractivity contribution in [3.8, 4) is 0 Å². The minimum atomic E-state index is -4.58. The Bertz CT molecular complexity index is 481. The van der Waals surface area contributed by atoms with Crippen LogP contribution in [0.4, 0.5) is 23.7 Å². The van der Waals surface area contributed by atoms with Gasteiger partial charge in [0.05, 0.1) is 10.6 Å². The molecule has 19 heavy (non-hydrogen) atoms. The molecule has 0 radical (unpaired) electrons. The zero-order valence-electron chi connectivity index (χ0n) is 10.6. The molecule has 0 aliphatic carbocycles. The molecule has 0 fully saturated rings. The topological polar surface area (TPSA) is 38.3 Å². The third-order valence-corrected chi connectivity index (χ3v) is 2.25. The van der Waals surface area contributed by atoms with Crippen LogP contribution in [0.3, 0.4) is 0 Å². The standard InChI is InChI=1S/C12H13ClF3NO2/c1-11(2,3)19-10(18)17-7-4-5-9(13)8(6-7)12(14,15)16/h4-6H,1-3H3,(H,17,18). The van der Waals surface area contributed by atoms with Gasteiger partial charge in [-0.15, -0.1) is 0 Å². The van der Waals surface area contributed by atoms with Crippen molar-refractivity contribution in [1.29, 1.82) is 0 Å². The Kier molecular flexibility index (Phi) is 4.35. The molecule has 0 saturated heterocycles. The van der Waals surface area contributed by atoms with E-state index in [0.717, 1.165) is 12.1 Å². The number of amides is 1. The number of hydrogen-bond donors (Lipinski definition) is 1. The number of rotatable bonds is 1. The lowest BCUT2D eigenvalue weighted by Crippen LogP contribution is -2.27. The Balaban J connectivity index is 2.89. The molecule has 0 aliphatic heterocycles. The SMILES string of the molecule is CC(C)(C)OC(=O)Nc1ccc(Cl)c(C(F)(F)F)c1. The largest absolute Gasteiger partial charge is 0.444 e. The van der Waals surface area contributed by atoms with Crippen molar-refractivity contribution in [2.24, 2.45) is 0 Å². The summed E-state index contributed by atoms with van der Waals surface area (Å²) in [6.07, 6.45) is -5.41. The van der Waals surface area contributed by atoms with Crippen molar-refractivity contribution in [3.05, 3.63) is 28.8 Å². The van der Waals surface area contributed by atoms with E-state index in [-0.39, 0.29) is 5.69 Å². The number of ether oxygens (including phenoxy) is 1. The number of nitrogens with one attached hydrogen (secondary N) is 1. The molecule has 1 rings (SSSR count). The average molecular weight is 296 g/mol. The molecule has 106 valence electrons. The van der Waals surface area contributed by atoms with Gasteiger partial charge >= 0.3 is 12.3 Å². The highest BCUT2D eigenvalue weighted by Gasteiger charge is 2.33. The van der Waals surface area contributed by atoms with Crippen LogP contribution in [-0.2, 0) is 10.9 Å². The third kappa shape index (κ3) is 4.98. The molecule has 1 aromatic carbocycles. The first-order valence-corrected chi connectivity index (χ1v) is 5.73. The summed E-state index contributed by atoms with van der Waals surface area (Å²) in [6.45, 7) is 4.95. The summed E-state index contributed by atoms with van der Waals surface area (Å²) >= 11 is 5.46. The van der Waals surface area contributed by atoms with Gasteiger partial charge in [0.25, 0.3) is 0 Å². The van der Waals surface area contributed by atoms with E-state index in [9.17, 15) is 18.0 Å². The lowest BCUT2D eigenvalue weighted by molar-refractivity contribution is -0.137. The monoisotopic (exact) mass is 295 g/mol. The molecule has 1 aromatic rings. The van der Waals surface area contributed by atoms with Crippen LogP contribution in [0.1, 0.15) is 26.3 Å². The summed E-state index contributed by atoms with van der Waals surface area (Å²) in [5, 5.41) is 1.79. The van der Waals surface area contributed by atoms with Crippen LogP contribution in [0.5, 0.6) is 0 Å². The van der Waals surface area contributed by atoms with Gasteiger partial charge in [-0.25, -0.2) is 4.79 Å². The fourth-order valence-electron chi connectivity index (χ4n) is 1.24. The maximum absolute atomic E-state index is 12.6. The second-order valence-corrected chi connectivity index (χ2v) is 5.23. The summed E-state index contributed by atoms with van der Waals surface area (Å²) in [6, 6.07) is 3.09. The molecule has 0 saturated carbocycles. The summed E-state index contributed by atoms with van der Waals surface area (Å²) in [5.41, 5.74) is -1.78. The highest BCUT2D eigenvalue weighted by atomic mass is 35.5. The van der Waals surface area contributed by atoms with Gasteiger partial charge < -0.3 is 4.74 Å². The minimum Gasteiger partial charge on any atom is -0.444 e. The van der Waals surface area contributed by atoms with Gasteiger partial charge in [-0.05, 0) is 39.0 Å². The summed E-state index contributed by atoms with van der Waals surface area (Å²) in [5.74, 6) is 0. The summed E-state index contributed by atoms with van der Waals surface area (Å²) < 4.78 is 42.8. The van der Waals surface area contributed by atoms with Gasteiger partial charge in [0.1, 0.15) is 5.60 Å². The number of carbonyl (C=O) groups is 1. The maximum Gasteiger partial charge on any atom is 0.417 e. The van der Waals surface area contributed by atoms with Crippen LogP contribution in [0, 0.1) is 0 Å². The van der Waals surface area contributed by atoms with Crippen molar-refractivity contribution >= 4 is 23.4 Å². The quantitative estimate of drug-likeness (QED) is 0.815. The molecular weight excluding hydrogens is 283 g/mol. The first-order chi connectivity index (χ1) is 8.49. The van der Waals surface area contributed by atoms with Crippen molar-refractivity contribution in [2.45, 2.75) is 32.5 Å². The minimum absolute atomic E-state index is 0.0361. The van der Waals surface area contributed by atoms with Crippen molar-refractivity contribution < 1.29 is 22.7 Å². The predicted octanol–water partition coefficient (Wildman–Crippen LogP) is 4.71. The smallest absolute Gasteiger partial charge is 0.417 e. The van der Waals surface area contributed by atoms with E-state index in [0.29, 0.717) is 0 Å². The zero-order chi connectivity index (χ0) is 14.8. The maximum atomic E-state index is 12.6. The lowest BCUT2D eigenvalue weighted by atomic mass is 10.2. The van der Waals surface area contributed by atoms with Crippen LogP contribution in [0.2, 0.25) is 5.02 Å². The highest BCUT2D eigenvalue weighted by molar-refractivity contribution is 6.31. The predicted molar refractivity (Wildman–Crippen MR) is 66.3 cm³/mol. The van der Waals surface area contributed by atoms with Gasteiger partial charge in [0.15, 0.2) is 0 Å². The van der Waals surface area contributed by atoms with Gasteiger partial charge in [0, 0.05) is 5.69 Å². The van der Waals surface area contributed by atoms with Gasteiger partial charge in [-0.3, -0.25) is 5.32 Å². The molecule has 0 bridgehead atoms. The van der Waals surface area contributed by atoms with E-state index < -0.39 is 28.5 Å². The van der Waals surface area contributed by atoms with Gasteiger partial charge in [0.2, 0.25) is 0 Å². The van der Waals surface area contributed by atoms with Crippen LogP contribution in [-0.4, -0.2) is 11.7 Å². The fourth-order valence-corrected chi connectivity index (χ4v) is 1.47. The van der Waals surface area contributed by atoms with Gasteiger partial charge in [-0.2, -0.15) is 13.2 Å². The Labute approximate surface area is 113 Å². The van der Waals surface area contributed by atoms with E-state index in [1.54, 1.807) is 20.8 Å².